The summed E-state index contributed by atoms with van der Waals surface area (Å²) in [5.41, 5.74) is 0.645. The average molecular weight is 319 g/mol. The fourth-order valence-corrected chi connectivity index (χ4v) is 2.21. The number of nitrogens with zero attached hydrogens (tertiary/aromatic N) is 3. The summed E-state index contributed by atoms with van der Waals surface area (Å²) in [4.78, 5) is 10.5. The van der Waals surface area contributed by atoms with Crippen LogP contribution in [0.3, 0.4) is 0 Å². The van der Waals surface area contributed by atoms with E-state index in [1.807, 2.05) is 0 Å². The molecule has 0 fully saturated rings. The van der Waals surface area contributed by atoms with Crippen LogP contribution in [-0.2, 0) is 4.79 Å². The summed E-state index contributed by atoms with van der Waals surface area (Å²) in [5, 5.41) is 17.5. The molecule has 0 saturated heterocycles. The monoisotopic (exact) mass is 318 g/mol. The first kappa shape index (κ1) is 14.0. The Labute approximate surface area is 122 Å². The molecule has 1 aromatic carbocycles. The molecule has 9 heteroatoms. The maximum absolute atomic E-state index is 10.5. The molecule has 2 rings (SSSR count). The summed E-state index contributed by atoms with van der Waals surface area (Å²) >= 11 is 12.7. The molecule has 0 aliphatic heterocycles. The molecule has 0 radical (unpaired) electrons. The molecule has 1 aromatic heterocycles. The van der Waals surface area contributed by atoms with E-state index in [4.69, 9.17) is 34.2 Å². The van der Waals surface area contributed by atoms with Crippen LogP contribution in [0.5, 0.6) is 0 Å². The number of aliphatic carboxylic acids is 1. The van der Waals surface area contributed by atoms with Crippen LogP contribution < -0.4 is 5.84 Å². The molecule has 19 heavy (non-hydrogen) atoms. The van der Waals surface area contributed by atoms with Crippen LogP contribution >= 0.6 is 35.0 Å². The lowest BCUT2D eigenvalue weighted by Gasteiger charge is -2.04. The molecule has 0 aliphatic rings. The van der Waals surface area contributed by atoms with E-state index in [0.717, 1.165) is 11.8 Å². The van der Waals surface area contributed by atoms with Crippen LogP contribution in [0.2, 0.25) is 10.0 Å². The number of carboxylic acids is 1. The minimum atomic E-state index is -0.955. The second kappa shape index (κ2) is 5.68. The van der Waals surface area contributed by atoms with Crippen molar-refractivity contribution in [2.75, 3.05) is 11.6 Å². The molecule has 2 aromatic rings. The number of benzene rings is 1. The van der Waals surface area contributed by atoms with Crippen molar-refractivity contribution in [3.8, 4) is 11.4 Å². The summed E-state index contributed by atoms with van der Waals surface area (Å²) in [6, 6.07) is 4.94. The molecule has 6 nitrogen and oxygen atoms in total. The van der Waals surface area contributed by atoms with Crippen molar-refractivity contribution in [1.82, 2.24) is 14.9 Å². The summed E-state index contributed by atoms with van der Waals surface area (Å²) in [6.07, 6.45) is 0. The Morgan fingerprint density at radius 3 is 2.74 bits per heavy atom. The summed E-state index contributed by atoms with van der Waals surface area (Å²) in [7, 11) is 0. The molecule has 0 atom stereocenters. The van der Waals surface area contributed by atoms with E-state index in [1.165, 1.54) is 4.68 Å². The van der Waals surface area contributed by atoms with Gasteiger partial charge in [-0.1, -0.05) is 35.0 Å². The van der Waals surface area contributed by atoms with Gasteiger partial charge in [0.05, 0.1) is 15.8 Å². The topological polar surface area (TPSA) is 94.0 Å². The first-order chi connectivity index (χ1) is 8.99. The number of aromatic nitrogens is 3. The summed E-state index contributed by atoms with van der Waals surface area (Å²) in [5.74, 6) is 5.10. The van der Waals surface area contributed by atoms with Gasteiger partial charge in [-0.15, -0.1) is 10.2 Å². The Morgan fingerprint density at radius 2 is 2.11 bits per heavy atom. The van der Waals surface area contributed by atoms with Crippen molar-refractivity contribution >= 4 is 40.9 Å². The van der Waals surface area contributed by atoms with Crippen molar-refractivity contribution in [3.05, 3.63) is 28.2 Å². The number of carbonyl (C=O) groups is 1. The maximum Gasteiger partial charge on any atom is 0.313 e. The van der Waals surface area contributed by atoms with Gasteiger partial charge in [-0.25, -0.2) is 4.68 Å². The van der Waals surface area contributed by atoms with E-state index in [9.17, 15) is 4.79 Å². The Kier molecular flexibility index (Phi) is 4.18. The predicted octanol–water partition coefficient (Wildman–Crippen LogP) is 2.14. The van der Waals surface area contributed by atoms with Gasteiger partial charge in [-0.2, -0.15) is 0 Å². The predicted molar refractivity (Wildman–Crippen MR) is 74.0 cm³/mol. The van der Waals surface area contributed by atoms with E-state index < -0.39 is 5.97 Å². The van der Waals surface area contributed by atoms with E-state index in [0.29, 0.717) is 26.6 Å². The molecular weight excluding hydrogens is 311 g/mol. The average Bonchev–Trinajstić information content (AvgIpc) is 2.72. The molecule has 0 spiro atoms. The van der Waals surface area contributed by atoms with Gasteiger partial charge >= 0.3 is 5.97 Å². The Morgan fingerprint density at radius 1 is 1.37 bits per heavy atom. The second-order valence-electron chi connectivity index (χ2n) is 3.49. The number of hydrogen-bond acceptors (Lipinski definition) is 5. The number of nitrogen functional groups attached to an aromatic ring is 1. The third-order valence-electron chi connectivity index (χ3n) is 2.17. The molecule has 0 amide bonds. The first-order valence-electron chi connectivity index (χ1n) is 4.99. The summed E-state index contributed by atoms with van der Waals surface area (Å²) in [6.45, 7) is 0. The van der Waals surface area contributed by atoms with Crippen molar-refractivity contribution in [2.24, 2.45) is 0 Å². The van der Waals surface area contributed by atoms with Gasteiger partial charge in [0.2, 0.25) is 5.16 Å². The van der Waals surface area contributed by atoms with E-state index in [2.05, 4.69) is 10.2 Å². The summed E-state index contributed by atoms with van der Waals surface area (Å²) < 4.78 is 1.22. The molecule has 3 N–H and O–H groups in total. The van der Waals surface area contributed by atoms with E-state index >= 15 is 0 Å². The Balaban J connectivity index is 2.30. The molecule has 0 saturated carbocycles. The third kappa shape index (κ3) is 3.12. The minimum absolute atomic E-state index is 0.142. The number of thioether (sulfide) groups is 1. The fourth-order valence-electron chi connectivity index (χ4n) is 1.33. The van der Waals surface area contributed by atoms with E-state index in [-0.39, 0.29) is 5.75 Å². The normalized spacial score (nSPS) is 10.6. The zero-order chi connectivity index (χ0) is 14.0. The maximum atomic E-state index is 10.5. The molecule has 0 bridgehead atoms. The highest BCUT2D eigenvalue weighted by Crippen LogP contribution is 2.28. The number of hydrogen-bond donors (Lipinski definition) is 2. The molecular formula is C10H8Cl2N4O2S. The minimum Gasteiger partial charge on any atom is -0.481 e. The highest BCUT2D eigenvalue weighted by molar-refractivity contribution is 7.99. The Bertz CT molecular complexity index is 632. The zero-order valence-electron chi connectivity index (χ0n) is 9.38. The SMILES string of the molecule is Nn1c(SCC(=O)O)nnc1-c1ccc(Cl)c(Cl)c1. The van der Waals surface area contributed by atoms with Crippen LogP contribution in [0.1, 0.15) is 0 Å². The number of nitrogens with two attached hydrogens (primary N) is 1. The third-order valence-corrected chi connectivity index (χ3v) is 3.83. The van der Waals surface area contributed by atoms with Crippen LogP contribution in [0.15, 0.2) is 23.4 Å². The quantitative estimate of drug-likeness (QED) is 0.662. The lowest BCUT2D eigenvalue weighted by atomic mass is 10.2. The molecule has 100 valence electrons. The number of rotatable bonds is 4. The number of carboxylic acid groups (broad SMARTS) is 1. The van der Waals surface area contributed by atoms with Crippen molar-refractivity contribution < 1.29 is 9.90 Å². The molecule has 0 unspecified atom stereocenters. The van der Waals surface area contributed by atoms with Gasteiger partial charge in [0.15, 0.2) is 5.82 Å². The standard InChI is InChI=1S/C10H8Cl2N4O2S/c11-6-2-1-5(3-7(6)12)9-14-15-10(16(9)13)19-4-8(17)18/h1-3H,4,13H2,(H,17,18). The lowest BCUT2D eigenvalue weighted by molar-refractivity contribution is -0.133. The van der Waals surface area contributed by atoms with Crippen LogP contribution in [0.25, 0.3) is 11.4 Å². The van der Waals surface area contributed by atoms with Crippen LogP contribution in [-0.4, -0.2) is 31.7 Å². The Hall–Kier alpha value is -1.44. The molecule has 1 heterocycles. The van der Waals surface area contributed by atoms with Gasteiger partial charge in [0, 0.05) is 5.56 Å². The molecule has 0 aliphatic carbocycles. The highest BCUT2D eigenvalue weighted by atomic mass is 35.5. The van der Waals surface area contributed by atoms with Crippen molar-refractivity contribution in [3.63, 3.8) is 0 Å². The fraction of sp³-hybridized carbons (Fsp3) is 0.100. The van der Waals surface area contributed by atoms with E-state index in [1.54, 1.807) is 18.2 Å². The number of halogens is 2. The van der Waals surface area contributed by atoms with Crippen molar-refractivity contribution in [2.45, 2.75) is 5.16 Å². The largest absolute Gasteiger partial charge is 0.481 e. The smallest absolute Gasteiger partial charge is 0.313 e. The van der Waals surface area contributed by atoms with Gasteiger partial charge < -0.3 is 10.9 Å². The van der Waals surface area contributed by atoms with Gasteiger partial charge in [0.25, 0.3) is 0 Å². The van der Waals surface area contributed by atoms with Crippen molar-refractivity contribution in [1.29, 1.82) is 0 Å². The van der Waals surface area contributed by atoms with Gasteiger partial charge in [-0.05, 0) is 18.2 Å². The lowest BCUT2D eigenvalue weighted by Crippen LogP contribution is -2.12. The van der Waals surface area contributed by atoms with Gasteiger partial charge in [0.1, 0.15) is 0 Å². The first-order valence-corrected chi connectivity index (χ1v) is 6.73. The second-order valence-corrected chi connectivity index (χ2v) is 5.24. The van der Waals surface area contributed by atoms with Crippen LogP contribution in [0.4, 0.5) is 0 Å². The zero-order valence-corrected chi connectivity index (χ0v) is 11.7. The highest BCUT2D eigenvalue weighted by Gasteiger charge is 2.14. The van der Waals surface area contributed by atoms with Gasteiger partial charge in [-0.3, -0.25) is 4.79 Å². The van der Waals surface area contributed by atoms with Crippen LogP contribution in [0, 0.1) is 0 Å².